The van der Waals surface area contributed by atoms with Gasteiger partial charge in [0.15, 0.2) is 0 Å². The Morgan fingerprint density at radius 2 is 2.22 bits per heavy atom. The summed E-state index contributed by atoms with van der Waals surface area (Å²) in [4.78, 5) is 0. The highest BCUT2D eigenvalue weighted by molar-refractivity contribution is 9.10. The molecule has 0 aromatic heterocycles. The molecule has 1 fully saturated rings. The third-order valence-electron chi connectivity index (χ3n) is 4.60. The van der Waals surface area contributed by atoms with Crippen molar-refractivity contribution in [1.82, 2.24) is 0 Å². The van der Waals surface area contributed by atoms with E-state index in [4.69, 9.17) is 10.5 Å². The lowest BCUT2D eigenvalue weighted by atomic mass is 9.89. The summed E-state index contributed by atoms with van der Waals surface area (Å²) in [7, 11) is 0. The van der Waals surface area contributed by atoms with E-state index in [-0.39, 0.29) is 0 Å². The van der Waals surface area contributed by atoms with Gasteiger partial charge in [0.1, 0.15) is 5.75 Å². The van der Waals surface area contributed by atoms with Crippen LogP contribution in [0.4, 0.5) is 0 Å². The normalized spacial score (nSPS) is 30.3. The van der Waals surface area contributed by atoms with E-state index in [0.717, 1.165) is 25.2 Å². The fourth-order valence-electron chi connectivity index (χ4n) is 3.35. The van der Waals surface area contributed by atoms with E-state index in [1.165, 1.54) is 28.4 Å². The van der Waals surface area contributed by atoms with Crippen molar-refractivity contribution < 1.29 is 4.74 Å². The van der Waals surface area contributed by atoms with E-state index in [1.54, 1.807) is 0 Å². The maximum Gasteiger partial charge on any atom is 0.125 e. The summed E-state index contributed by atoms with van der Waals surface area (Å²) >= 11 is 3.61. The molecule has 1 heterocycles. The predicted octanol–water partition coefficient (Wildman–Crippen LogP) is 3.30. The van der Waals surface area contributed by atoms with Crippen LogP contribution in [0.25, 0.3) is 0 Å². The highest BCUT2D eigenvalue weighted by Crippen LogP contribution is 2.39. The van der Waals surface area contributed by atoms with Gasteiger partial charge in [-0.2, -0.15) is 0 Å². The molecule has 3 atom stereocenters. The fourth-order valence-corrected chi connectivity index (χ4v) is 3.90. The van der Waals surface area contributed by atoms with Gasteiger partial charge in [-0.3, -0.25) is 0 Å². The minimum Gasteiger partial charge on any atom is -0.493 e. The molecule has 3 rings (SSSR count). The number of hydrogen-bond donors (Lipinski definition) is 1. The SMILES string of the molecule is CC1C(N)CCC1Cc1cc(Br)cc2c1OCC2. The first-order valence-corrected chi connectivity index (χ1v) is 7.64. The Balaban J connectivity index is 1.85. The molecule has 1 aliphatic heterocycles. The van der Waals surface area contributed by atoms with Gasteiger partial charge in [-0.25, -0.2) is 0 Å². The van der Waals surface area contributed by atoms with Crippen molar-refractivity contribution in [3.05, 3.63) is 27.7 Å². The molecule has 18 heavy (non-hydrogen) atoms. The molecular weight excluding hydrogens is 290 g/mol. The van der Waals surface area contributed by atoms with E-state index in [1.807, 2.05) is 0 Å². The van der Waals surface area contributed by atoms with Crippen LogP contribution in [-0.2, 0) is 12.8 Å². The Labute approximate surface area is 117 Å². The highest BCUT2D eigenvalue weighted by atomic mass is 79.9. The third kappa shape index (κ3) is 2.19. The molecule has 0 radical (unpaired) electrons. The van der Waals surface area contributed by atoms with Crippen LogP contribution in [0.15, 0.2) is 16.6 Å². The molecule has 3 unspecified atom stereocenters. The van der Waals surface area contributed by atoms with Gasteiger partial charge in [0.05, 0.1) is 6.61 Å². The van der Waals surface area contributed by atoms with Gasteiger partial charge in [-0.05, 0) is 54.4 Å². The van der Waals surface area contributed by atoms with E-state index in [2.05, 4.69) is 35.0 Å². The summed E-state index contributed by atoms with van der Waals surface area (Å²) in [6.45, 7) is 3.12. The average molecular weight is 310 g/mol. The van der Waals surface area contributed by atoms with Crippen LogP contribution in [0.2, 0.25) is 0 Å². The number of ether oxygens (including phenoxy) is 1. The second-order valence-electron chi connectivity index (χ2n) is 5.72. The van der Waals surface area contributed by atoms with E-state index in [0.29, 0.717) is 17.9 Å². The first kappa shape index (κ1) is 12.5. The molecule has 1 aliphatic carbocycles. The number of rotatable bonds is 2. The van der Waals surface area contributed by atoms with Crippen molar-refractivity contribution in [3.8, 4) is 5.75 Å². The summed E-state index contributed by atoms with van der Waals surface area (Å²) in [6.07, 6.45) is 4.57. The molecular formula is C15H20BrNO. The number of benzene rings is 1. The molecule has 98 valence electrons. The molecule has 2 nitrogen and oxygen atoms in total. The molecule has 2 aliphatic rings. The van der Waals surface area contributed by atoms with E-state index >= 15 is 0 Å². The molecule has 3 heteroatoms. The predicted molar refractivity (Wildman–Crippen MR) is 76.9 cm³/mol. The molecule has 0 amide bonds. The zero-order valence-electron chi connectivity index (χ0n) is 10.8. The van der Waals surface area contributed by atoms with Gasteiger partial charge in [-0.1, -0.05) is 22.9 Å². The Morgan fingerprint density at radius 1 is 1.39 bits per heavy atom. The molecule has 2 N–H and O–H groups in total. The Kier molecular flexibility index (Phi) is 3.37. The van der Waals surface area contributed by atoms with E-state index in [9.17, 15) is 0 Å². The van der Waals surface area contributed by atoms with Crippen molar-refractivity contribution in [2.24, 2.45) is 17.6 Å². The van der Waals surface area contributed by atoms with Gasteiger partial charge in [0, 0.05) is 16.9 Å². The first-order chi connectivity index (χ1) is 8.65. The minimum absolute atomic E-state index is 0.385. The zero-order chi connectivity index (χ0) is 12.7. The van der Waals surface area contributed by atoms with Crippen LogP contribution < -0.4 is 10.5 Å². The molecule has 0 bridgehead atoms. The first-order valence-electron chi connectivity index (χ1n) is 6.85. The second-order valence-corrected chi connectivity index (χ2v) is 6.63. The molecule has 0 saturated heterocycles. The van der Waals surface area contributed by atoms with Gasteiger partial charge >= 0.3 is 0 Å². The monoisotopic (exact) mass is 309 g/mol. The zero-order valence-corrected chi connectivity index (χ0v) is 12.4. The van der Waals surface area contributed by atoms with Gasteiger partial charge in [0.25, 0.3) is 0 Å². The topological polar surface area (TPSA) is 35.2 Å². The fraction of sp³-hybridized carbons (Fsp3) is 0.600. The molecule has 1 saturated carbocycles. The molecule has 0 spiro atoms. The number of hydrogen-bond acceptors (Lipinski definition) is 2. The van der Waals surface area contributed by atoms with Gasteiger partial charge in [-0.15, -0.1) is 0 Å². The van der Waals surface area contributed by atoms with Crippen LogP contribution in [0.3, 0.4) is 0 Å². The third-order valence-corrected chi connectivity index (χ3v) is 5.05. The Morgan fingerprint density at radius 3 is 2.94 bits per heavy atom. The number of nitrogens with two attached hydrogens (primary N) is 1. The van der Waals surface area contributed by atoms with Crippen molar-refractivity contribution in [3.63, 3.8) is 0 Å². The van der Waals surface area contributed by atoms with Crippen LogP contribution in [0.5, 0.6) is 5.75 Å². The lowest BCUT2D eigenvalue weighted by Gasteiger charge is -2.19. The maximum atomic E-state index is 6.12. The summed E-state index contributed by atoms with van der Waals surface area (Å²) in [6, 6.07) is 4.80. The highest BCUT2D eigenvalue weighted by Gasteiger charge is 2.31. The van der Waals surface area contributed by atoms with Crippen molar-refractivity contribution in [2.75, 3.05) is 6.61 Å². The molecule has 1 aromatic carbocycles. The largest absolute Gasteiger partial charge is 0.493 e. The molecule has 1 aromatic rings. The minimum atomic E-state index is 0.385. The number of fused-ring (bicyclic) bond motifs is 1. The Bertz CT molecular complexity index is 460. The summed E-state index contributed by atoms with van der Waals surface area (Å²) in [5.74, 6) is 2.48. The van der Waals surface area contributed by atoms with Crippen molar-refractivity contribution in [2.45, 2.75) is 38.6 Å². The summed E-state index contributed by atoms with van der Waals surface area (Å²) in [5.41, 5.74) is 8.84. The lowest BCUT2D eigenvalue weighted by molar-refractivity contribution is 0.344. The van der Waals surface area contributed by atoms with Gasteiger partial charge < -0.3 is 10.5 Å². The van der Waals surface area contributed by atoms with Crippen LogP contribution in [0, 0.1) is 11.8 Å². The summed E-state index contributed by atoms with van der Waals surface area (Å²) < 4.78 is 6.98. The number of halogens is 1. The van der Waals surface area contributed by atoms with Crippen LogP contribution in [0.1, 0.15) is 30.9 Å². The average Bonchev–Trinajstić information content (AvgIpc) is 2.90. The van der Waals surface area contributed by atoms with Crippen molar-refractivity contribution >= 4 is 15.9 Å². The Hall–Kier alpha value is -0.540. The van der Waals surface area contributed by atoms with Gasteiger partial charge in [0.2, 0.25) is 0 Å². The smallest absolute Gasteiger partial charge is 0.125 e. The standard InChI is InChI=1S/C15H20BrNO/c1-9-10(2-3-14(9)17)6-12-8-13(16)7-11-4-5-18-15(11)12/h7-10,14H,2-6,17H2,1H3. The maximum absolute atomic E-state index is 6.12. The second kappa shape index (κ2) is 4.86. The lowest BCUT2D eigenvalue weighted by Crippen LogP contribution is -2.25. The van der Waals surface area contributed by atoms with Crippen LogP contribution >= 0.6 is 15.9 Å². The summed E-state index contributed by atoms with van der Waals surface area (Å²) in [5, 5.41) is 0. The quantitative estimate of drug-likeness (QED) is 0.909. The van der Waals surface area contributed by atoms with Crippen molar-refractivity contribution in [1.29, 1.82) is 0 Å². The van der Waals surface area contributed by atoms with E-state index < -0.39 is 0 Å². The van der Waals surface area contributed by atoms with Crippen LogP contribution in [-0.4, -0.2) is 12.6 Å².